The van der Waals surface area contributed by atoms with Crippen molar-refractivity contribution in [3.8, 4) is 17.5 Å². The number of H-pyrrole nitrogens is 1. The predicted molar refractivity (Wildman–Crippen MR) is 142 cm³/mol. The molecule has 0 spiro atoms. The molecule has 190 valence electrons. The average molecular weight is 496 g/mol. The van der Waals surface area contributed by atoms with Gasteiger partial charge in [-0.1, -0.05) is 18.2 Å². The summed E-state index contributed by atoms with van der Waals surface area (Å²) in [6.07, 6.45) is 2.53. The van der Waals surface area contributed by atoms with Gasteiger partial charge in [-0.15, -0.1) is 0 Å². The Balaban J connectivity index is 1.35. The number of rotatable bonds is 3. The zero-order valence-corrected chi connectivity index (χ0v) is 22.0. The van der Waals surface area contributed by atoms with Gasteiger partial charge in [-0.3, -0.25) is 9.59 Å². The minimum absolute atomic E-state index is 0.0599. The molecule has 0 aliphatic carbocycles. The first-order valence-corrected chi connectivity index (χ1v) is 13.0. The van der Waals surface area contributed by atoms with Crippen molar-refractivity contribution in [2.75, 3.05) is 13.1 Å². The van der Waals surface area contributed by atoms with Crippen LogP contribution in [0.3, 0.4) is 0 Å². The smallest absolute Gasteiger partial charge is 0.254 e. The van der Waals surface area contributed by atoms with Crippen LogP contribution in [-0.4, -0.2) is 50.7 Å². The summed E-state index contributed by atoms with van der Waals surface area (Å²) in [7, 11) is 0. The van der Waals surface area contributed by atoms with Gasteiger partial charge in [-0.2, -0.15) is 5.26 Å². The first-order chi connectivity index (χ1) is 17.7. The van der Waals surface area contributed by atoms with E-state index < -0.39 is 0 Å². The normalized spacial score (nSPS) is 17.9. The van der Waals surface area contributed by atoms with E-state index in [4.69, 9.17) is 10.2 Å². The lowest BCUT2D eigenvalue weighted by atomic mass is 9.88. The third kappa shape index (κ3) is 4.76. The summed E-state index contributed by atoms with van der Waals surface area (Å²) in [5, 5.41) is 9.04. The fourth-order valence-electron chi connectivity index (χ4n) is 5.76. The van der Waals surface area contributed by atoms with E-state index in [0.717, 1.165) is 53.2 Å². The van der Waals surface area contributed by atoms with Crippen LogP contribution in [0.4, 0.5) is 0 Å². The third-order valence-electron chi connectivity index (χ3n) is 7.97. The highest BCUT2D eigenvalue weighted by atomic mass is 16.2. The highest BCUT2D eigenvalue weighted by molar-refractivity contribution is 5.97. The van der Waals surface area contributed by atoms with E-state index in [-0.39, 0.29) is 17.9 Å². The Labute approximate surface area is 218 Å². The van der Waals surface area contributed by atoms with E-state index in [9.17, 15) is 9.59 Å². The largest absolute Gasteiger partial charge is 0.340 e. The topological polar surface area (TPSA) is 93.1 Å². The summed E-state index contributed by atoms with van der Waals surface area (Å²) >= 11 is 0. The second kappa shape index (κ2) is 9.85. The van der Waals surface area contributed by atoms with Gasteiger partial charge in [0.1, 0.15) is 5.82 Å². The molecule has 0 radical (unpaired) electrons. The minimum atomic E-state index is 0.0599. The highest BCUT2D eigenvalue weighted by Crippen LogP contribution is 2.32. The van der Waals surface area contributed by atoms with Crippen molar-refractivity contribution in [2.24, 2.45) is 0 Å². The molecular weight excluding hydrogens is 462 g/mol. The van der Waals surface area contributed by atoms with Crippen LogP contribution < -0.4 is 0 Å². The lowest BCUT2D eigenvalue weighted by Crippen LogP contribution is -2.41. The van der Waals surface area contributed by atoms with Crippen molar-refractivity contribution in [1.82, 2.24) is 19.8 Å². The number of aromatic nitrogens is 2. The molecule has 1 unspecified atom stereocenters. The Bertz CT molecular complexity index is 1390. The molecule has 1 N–H and O–H groups in total. The van der Waals surface area contributed by atoms with Gasteiger partial charge in [0.05, 0.1) is 29.6 Å². The molecule has 7 heteroatoms. The molecule has 2 amide bonds. The van der Waals surface area contributed by atoms with Crippen molar-refractivity contribution in [3.05, 3.63) is 75.6 Å². The quantitative estimate of drug-likeness (QED) is 0.561. The molecule has 0 bridgehead atoms. The average Bonchev–Trinajstić information content (AvgIpc) is 3.30. The molecule has 1 aromatic heterocycles. The number of benzene rings is 2. The molecule has 1 fully saturated rings. The van der Waals surface area contributed by atoms with Crippen LogP contribution in [0.25, 0.3) is 11.4 Å². The summed E-state index contributed by atoms with van der Waals surface area (Å²) < 4.78 is 0. The van der Waals surface area contributed by atoms with Crippen LogP contribution in [0.15, 0.2) is 36.4 Å². The number of aryl methyl sites for hydroxylation is 2. The zero-order chi connectivity index (χ0) is 26.3. The standard InChI is InChI=1S/C30H33N5O2/c1-18-13-19(2)26(15-25(18)29-32-27-14-20(3)35(21(4)36)17-28(27)33-29)30(37)34-11-9-24(10-12-34)23-7-5-22(16-31)6-8-23/h5-8,13,15,20,24H,9-12,14,17H2,1-4H3,(H,32,33). The van der Waals surface area contributed by atoms with Gasteiger partial charge in [0.25, 0.3) is 5.91 Å². The third-order valence-corrected chi connectivity index (χ3v) is 7.97. The van der Waals surface area contributed by atoms with E-state index in [2.05, 4.69) is 24.0 Å². The Hall–Kier alpha value is -3.92. The number of likely N-dealkylation sites (tertiary alicyclic amines) is 1. The number of imidazole rings is 1. The number of hydrogen-bond acceptors (Lipinski definition) is 4. The van der Waals surface area contributed by atoms with Crippen LogP contribution in [0, 0.1) is 25.2 Å². The maximum absolute atomic E-state index is 13.6. The van der Waals surface area contributed by atoms with E-state index >= 15 is 0 Å². The fourth-order valence-corrected chi connectivity index (χ4v) is 5.76. The van der Waals surface area contributed by atoms with E-state index in [1.165, 1.54) is 5.56 Å². The second-order valence-corrected chi connectivity index (χ2v) is 10.5. The number of piperidine rings is 1. The Kier molecular flexibility index (Phi) is 6.59. The van der Waals surface area contributed by atoms with Crippen molar-refractivity contribution < 1.29 is 9.59 Å². The van der Waals surface area contributed by atoms with Crippen molar-refractivity contribution in [1.29, 1.82) is 5.26 Å². The van der Waals surface area contributed by atoms with Crippen LogP contribution in [-0.2, 0) is 17.8 Å². The number of amides is 2. The predicted octanol–water partition coefficient (Wildman–Crippen LogP) is 4.88. The number of nitrogens with zero attached hydrogens (tertiary/aromatic N) is 4. The molecule has 3 aromatic rings. The van der Waals surface area contributed by atoms with Crippen LogP contribution in [0.2, 0.25) is 0 Å². The Morgan fingerprint density at radius 3 is 2.43 bits per heavy atom. The van der Waals surface area contributed by atoms with Crippen molar-refractivity contribution in [3.63, 3.8) is 0 Å². The van der Waals surface area contributed by atoms with Crippen LogP contribution in [0.1, 0.15) is 76.6 Å². The second-order valence-electron chi connectivity index (χ2n) is 10.5. The maximum atomic E-state index is 13.6. The lowest BCUT2D eigenvalue weighted by molar-refractivity contribution is -0.131. The molecular formula is C30H33N5O2. The van der Waals surface area contributed by atoms with Gasteiger partial charge in [0, 0.05) is 43.6 Å². The van der Waals surface area contributed by atoms with Crippen molar-refractivity contribution >= 4 is 11.8 Å². The van der Waals surface area contributed by atoms with Gasteiger partial charge < -0.3 is 14.8 Å². The SMILES string of the molecule is CC(=O)N1Cc2[nH]c(-c3cc(C(=O)N4CCC(c5ccc(C#N)cc5)CC4)c(C)cc3C)nc2CC1C. The van der Waals surface area contributed by atoms with Gasteiger partial charge in [-0.25, -0.2) is 4.98 Å². The first-order valence-electron chi connectivity index (χ1n) is 13.0. The van der Waals surface area contributed by atoms with E-state index in [1.54, 1.807) is 6.92 Å². The number of aromatic amines is 1. The van der Waals surface area contributed by atoms with E-state index in [1.807, 2.05) is 54.0 Å². The maximum Gasteiger partial charge on any atom is 0.254 e. The monoisotopic (exact) mass is 495 g/mol. The number of nitriles is 1. The molecule has 0 saturated carbocycles. The van der Waals surface area contributed by atoms with Gasteiger partial charge >= 0.3 is 0 Å². The molecule has 2 aliphatic heterocycles. The molecule has 7 nitrogen and oxygen atoms in total. The summed E-state index contributed by atoms with van der Waals surface area (Å²) in [5.41, 5.74) is 7.55. The first kappa shape index (κ1) is 24.8. The number of hydrogen-bond donors (Lipinski definition) is 1. The van der Waals surface area contributed by atoms with Crippen LogP contribution in [0.5, 0.6) is 0 Å². The number of carbonyl (C=O) groups excluding carboxylic acids is 2. The molecule has 5 rings (SSSR count). The molecule has 2 aromatic carbocycles. The minimum Gasteiger partial charge on any atom is -0.340 e. The van der Waals surface area contributed by atoms with Gasteiger partial charge in [0.2, 0.25) is 5.91 Å². The Morgan fingerprint density at radius 1 is 1.08 bits per heavy atom. The number of carbonyl (C=O) groups is 2. The molecule has 1 saturated heterocycles. The van der Waals surface area contributed by atoms with Crippen LogP contribution >= 0.6 is 0 Å². The summed E-state index contributed by atoms with van der Waals surface area (Å²) in [4.78, 5) is 37.8. The fraction of sp³-hybridized carbons (Fsp3) is 0.400. The summed E-state index contributed by atoms with van der Waals surface area (Å²) in [6.45, 7) is 9.65. The number of fused-ring (bicyclic) bond motifs is 1. The zero-order valence-electron chi connectivity index (χ0n) is 22.0. The van der Waals surface area contributed by atoms with E-state index in [0.29, 0.717) is 36.7 Å². The highest BCUT2D eigenvalue weighted by Gasteiger charge is 2.29. The van der Waals surface area contributed by atoms with Gasteiger partial charge in [0.15, 0.2) is 0 Å². The van der Waals surface area contributed by atoms with Gasteiger partial charge in [-0.05, 0) is 74.4 Å². The molecule has 2 aliphatic rings. The summed E-state index contributed by atoms with van der Waals surface area (Å²) in [5.74, 6) is 1.29. The molecule has 37 heavy (non-hydrogen) atoms. The molecule has 3 heterocycles. The summed E-state index contributed by atoms with van der Waals surface area (Å²) in [6, 6.07) is 14.2. The van der Waals surface area contributed by atoms with Crippen molar-refractivity contribution in [2.45, 2.75) is 65.5 Å². The Morgan fingerprint density at radius 2 is 1.78 bits per heavy atom. The number of nitrogens with one attached hydrogen (secondary N) is 1. The lowest BCUT2D eigenvalue weighted by Gasteiger charge is -2.32. The molecule has 1 atom stereocenters.